The Morgan fingerprint density at radius 2 is 2.00 bits per heavy atom. The van der Waals surface area contributed by atoms with Crippen molar-refractivity contribution in [2.24, 2.45) is 11.8 Å². The number of carbonyl (C=O) groups excluding carboxylic acids is 2. The molecule has 20 heavy (non-hydrogen) atoms. The van der Waals surface area contributed by atoms with E-state index >= 15 is 0 Å². The van der Waals surface area contributed by atoms with Crippen LogP contribution in [0.1, 0.15) is 24.2 Å². The van der Waals surface area contributed by atoms with Crippen molar-refractivity contribution in [2.45, 2.75) is 19.9 Å². The van der Waals surface area contributed by atoms with E-state index in [-0.39, 0.29) is 17.2 Å². The Kier molecular flexibility index (Phi) is 5.15. The van der Waals surface area contributed by atoms with Crippen LogP contribution in [-0.4, -0.2) is 22.8 Å². The zero-order valence-electron chi connectivity index (χ0n) is 11.1. The van der Waals surface area contributed by atoms with E-state index < -0.39 is 22.8 Å². The monoisotopic (exact) mass is 280 g/mol. The summed E-state index contributed by atoms with van der Waals surface area (Å²) in [5.41, 5.74) is 1.88. The van der Waals surface area contributed by atoms with Gasteiger partial charge in [-0.15, -0.1) is 0 Å². The molecule has 1 aromatic rings. The number of benzene rings is 1. The van der Waals surface area contributed by atoms with Gasteiger partial charge < -0.3 is 5.32 Å². The maximum absolute atomic E-state index is 12.0. The minimum Gasteiger partial charge on any atom is -0.340 e. The van der Waals surface area contributed by atoms with Gasteiger partial charge in [-0.05, 0) is 12.0 Å². The quantitative estimate of drug-likeness (QED) is 0.310. The second-order valence-electron chi connectivity index (χ2n) is 4.51. The highest BCUT2D eigenvalue weighted by molar-refractivity contribution is 5.98. The van der Waals surface area contributed by atoms with Crippen LogP contribution in [0.4, 0.5) is 5.69 Å². The van der Waals surface area contributed by atoms with Gasteiger partial charge in [0.2, 0.25) is 0 Å². The molecule has 2 amide bonds. The Morgan fingerprint density at radius 3 is 2.50 bits per heavy atom. The van der Waals surface area contributed by atoms with Gasteiger partial charge in [0.15, 0.2) is 0 Å². The fourth-order valence-electron chi connectivity index (χ4n) is 1.61. The molecule has 0 unspecified atom stereocenters. The van der Waals surface area contributed by atoms with Crippen LogP contribution in [0.5, 0.6) is 0 Å². The third-order valence-electron chi connectivity index (χ3n) is 2.70. The van der Waals surface area contributed by atoms with Crippen molar-refractivity contribution in [3.05, 3.63) is 39.9 Å². The molecule has 0 bridgehead atoms. The molecule has 0 saturated heterocycles. The SMILES string of the molecule is CC(C)[C@H](NC(=O)c1cccc([N+](=O)[O-])c1)C(=O)NN. The van der Waals surface area contributed by atoms with Crippen molar-refractivity contribution in [3.8, 4) is 0 Å². The number of hydrogen-bond acceptors (Lipinski definition) is 5. The van der Waals surface area contributed by atoms with Crippen molar-refractivity contribution in [3.63, 3.8) is 0 Å². The molecule has 0 saturated carbocycles. The maximum Gasteiger partial charge on any atom is 0.270 e. The van der Waals surface area contributed by atoms with Gasteiger partial charge in [0.25, 0.3) is 17.5 Å². The standard InChI is InChI=1S/C12H16N4O4/c1-7(2)10(12(18)15-13)14-11(17)8-4-3-5-9(6-8)16(19)20/h3-7,10H,13H2,1-2H3,(H,14,17)(H,15,18)/t10-/m0/s1. The first-order valence-electron chi connectivity index (χ1n) is 5.92. The molecule has 1 aromatic carbocycles. The number of nitro groups is 1. The average Bonchev–Trinajstić information content (AvgIpc) is 2.43. The normalized spacial score (nSPS) is 11.8. The van der Waals surface area contributed by atoms with Crippen LogP contribution >= 0.6 is 0 Å². The number of nitro benzene ring substituents is 1. The Labute approximate surface area is 115 Å². The van der Waals surface area contributed by atoms with Gasteiger partial charge in [-0.25, -0.2) is 5.84 Å². The molecule has 8 heteroatoms. The summed E-state index contributed by atoms with van der Waals surface area (Å²) in [6, 6.07) is 4.45. The van der Waals surface area contributed by atoms with Gasteiger partial charge in [-0.1, -0.05) is 19.9 Å². The third kappa shape index (κ3) is 3.75. The molecule has 0 fully saturated rings. The first-order valence-corrected chi connectivity index (χ1v) is 5.92. The van der Waals surface area contributed by atoms with Crippen LogP contribution in [-0.2, 0) is 4.79 Å². The predicted molar refractivity (Wildman–Crippen MR) is 71.5 cm³/mol. The van der Waals surface area contributed by atoms with Crippen molar-refractivity contribution < 1.29 is 14.5 Å². The summed E-state index contributed by atoms with van der Waals surface area (Å²) in [4.78, 5) is 33.6. The molecule has 108 valence electrons. The largest absolute Gasteiger partial charge is 0.340 e. The number of nitrogens with one attached hydrogen (secondary N) is 2. The van der Waals surface area contributed by atoms with Gasteiger partial charge in [-0.2, -0.15) is 0 Å². The molecular formula is C12H16N4O4. The molecule has 8 nitrogen and oxygen atoms in total. The smallest absolute Gasteiger partial charge is 0.270 e. The van der Waals surface area contributed by atoms with E-state index in [4.69, 9.17) is 5.84 Å². The summed E-state index contributed by atoms with van der Waals surface area (Å²) in [7, 11) is 0. The Bertz CT molecular complexity index is 530. The number of amides is 2. The van der Waals surface area contributed by atoms with E-state index in [0.717, 1.165) is 6.07 Å². The Morgan fingerprint density at radius 1 is 1.35 bits per heavy atom. The zero-order valence-corrected chi connectivity index (χ0v) is 11.1. The van der Waals surface area contributed by atoms with Crippen LogP contribution in [0.3, 0.4) is 0 Å². The lowest BCUT2D eigenvalue weighted by Gasteiger charge is -2.20. The first-order chi connectivity index (χ1) is 9.36. The van der Waals surface area contributed by atoms with Crippen molar-refractivity contribution in [2.75, 3.05) is 0 Å². The lowest BCUT2D eigenvalue weighted by Crippen LogP contribution is -2.51. The van der Waals surface area contributed by atoms with Gasteiger partial charge in [-0.3, -0.25) is 25.1 Å². The van der Waals surface area contributed by atoms with E-state index in [9.17, 15) is 19.7 Å². The second-order valence-corrected chi connectivity index (χ2v) is 4.51. The number of carbonyl (C=O) groups is 2. The maximum atomic E-state index is 12.0. The molecule has 0 aliphatic carbocycles. The van der Waals surface area contributed by atoms with Gasteiger partial charge in [0, 0.05) is 17.7 Å². The lowest BCUT2D eigenvalue weighted by atomic mass is 10.0. The molecule has 0 heterocycles. The summed E-state index contributed by atoms with van der Waals surface area (Å²) >= 11 is 0. The first kappa shape index (κ1) is 15.6. The summed E-state index contributed by atoms with van der Waals surface area (Å²) in [5, 5.41) is 13.1. The Hall–Kier alpha value is -2.48. The summed E-state index contributed by atoms with van der Waals surface area (Å²) < 4.78 is 0. The number of non-ortho nitro benzene ring substituents is 1. The van der Waals surface area contributed by atoms with Crippen molar-refractivity contribution >= 4 is 17.5 Å². The van der Waals surface area contributed by atoms with E-state index in [1.165, 1.54) is 18.2 Å². The molecule has 0 radical (unpaired) electrons. The average molecular weight is 280 g/mol. The fraction of sp³-hybridized carbons (Fsp3) is 0.333. The molecule has 1 atom stereocenters. The summed E-state index contributed by atoms with van der Waals surface area (Å²) in [5.74, 6) is 3.77. The zero-order chi connectivity index (χ0) is 15.3. The molecule has 1 rings (SSSR count). The number of nitrogens with two attached hydrogens (primary N) is 1. The predicted octanol–water partition coefficient (Wildman–Crippen LogP) is 0.339. The Balaban J connectivity index is 2.92. The van der Waals surface area contributed by atoms with Crippen molar-refractivity contribution in [1.29, 1.82) is 0 Å². The molecule has 4 N–H and O–H groups in total. The molecule has 0 aliphatic heterocycles. The second kappa shape index (κ2) is 6.62. The number of rotatable bonds is 5. The van der Waals surface area contributed by atoms with Crippen LogP contribution in [0, 0.1) is 16.0 Å². The third-order valence-corrected chi connectivity index (χ3v) is 2.70. The minimum atomic E-state index is -0.813. The molecule has 0 aliphatic rings. The summed E-state index contributed by atoms with van der Waals surface area (Å²) in [6.45, 7) is 3.49. The number of nitrogens with zero attached hydrogens (tertiary/aromatic N) is 1. The van der Waals surface area contributed by atoms with Crippen LogP contribution in [0.25, 0.3) is 0 Å². The van der Waals surface area contributed by atoms with Gasteiger partial charge in [0.05, 0.1) is 4.92 Å². The van der Waals surface area contributed by atoms with E-state index in [0.29, 0.717) is 0 Å². The van der Waals surface area contributed by atoms with Crippen LogP contribution in [0.2, 0.25) is 0 Å². The molecular weight excluding hydrogens is 264 g/mol. The minimum absolute atomic E-state index is 0.106. The lowest BCUT2D eigenvalue weighted by molar-refractivity contribution is -0.384. The number of hydrogen-bond donors (Lipinski definition) is 3. The van der Waals surface area contributed by atoms with E-state index in [1.54, 1.807) is 13.8 Å². The molecule has 0 aromatic heterocycles. The highest BCUT2D eigenvalue weighted by atomic mass is 16.6. The topological polar surface area (TPSA) is 127 Å². The van der Waals surface area contributed by atoms with E-state index in [2.05, 4.69) is 5.32 Å². The van der Waals surface area contributed by atoms with Crippen LogP contribution < -0.4 is 16.6 Å². The highest BCUT2D eigenvalue weighted by Gasteiger charge is 2.24. The van der Waals surface area contributed by atoms with Gasteiger partial charge >= 0.3 is 0 Å². The van der Waals surface area contributed by atoms with Gasteiger partial charge in [0.1, 0.15) is 6.04 Å². The van der Waals surface area contributed by atoms with Crippen molar-refractivity contribution in [1.82, 2.24) is 10.7 Å². The fourth-order valence-corrected chi connectivity index (χ4v) is 1.61. The summed E-state index contributed by atoms with van der Waals surface area (Å²) in [6.07, 6.45) is 0. The van der Waals surface area contributed by atoms with E-state index in [1.807, 2.05) is 5.43 Å². The van der Waals surface area contributed by atoms with Crippen LogP contribution in [0.15, 0.2) is 24.3 Å². The molecule has 0 spiro atoms. The highest BCUT2D eigenvalue weighted by Crippen LogP contribution is 2.13. The number of hydrazine groups is 1.